The van der Waals surface area contributed by atoms with E-state index in [4.69, 9.17) is 9.47 Å². The summed E-state index contributed by atoms with van der Waals surface area (Å²) in [5.74, 6) is -1.29. The van der Waals surface area contributed by atoms with Crippen molar-refractivity contribution < 1.29 is 38.5 Å². The largest absolute Gasteiger partial charge is 0.380 e. The predicted octanol–water partition coefficient (Wildman–Crippen LogP) is 4.63. The van der Waals surface area contributed by atoms with Gasteiger partial charge in [0.15, 0.2) is 6.19 Å². The molecule has 3 fully saturated rings. The Labute approximate surface area is 233 Å². The number of methoxy groups -OCH3 is 1. The van der Waals surface area contributed by atoms with Crippen LogP contribution in [0.3, 0.4) is 0 Å². The van der Waals surface area contributed by atoms with E-state index in [-0.39, 0.29) is 41.8 Å². The first-order valence-electron chi connectivity index (χ1n) is 12.8. The SMILES string of the molecule is COC1C[C@H](C(=O)N(c2ccc(S(F)(F)(F)(F)F)cc2)C(C(=O)N2CCC3(COC3)C2)c2cccnc2)N(C#N)C1. The molecule has 3 saturated heterocycles. The summed E-state index contributed by atoms with van der Waals surface area (Å²) in [5, 5.41) is 9.71. The summed E-state index contributed by atoms with van der Waals surface area (Å²) in [6, 6.07) is 2.46. The molecule has 3 atom stereocenters. The molecule has 0 radical (unpaired) electrons. The molecule has 1 aromatic carbocycles. The van der Waals surface area contributed by atoms with Gasteiger partial charge in [-0.3, -0.25) is 24.4 Å². The lowest BCUT2D eigenvalue weighted by atomic mass is 9.85. The summed E-state index contributed by atoms with van der Waals surface area (Å²) in [7, 11) is -8.60. The Bertz CT molecular complexity index is 1370. The number of aromatic nitrogens is 1. The minimum absolute atomic E-state index is 0.0705. The Morgan fingerprint density at radius 2 is 1.90 bits per heavy atom. The van der Waals surface area contributed by atoms with Crippen LogP contribution in [-0.2, 0) is 19.1 Å². The molecule has 1 aromatic heterocycles. The standard InChI is InChI=1S/C26H28F5N5O4S/c1-39-20-11-22(35(13-20)17-32)24(37)36(19-4-6-21(7-5-19)41(27,28,29,30)31)23(18-3-2-9-33-12-18)25(38)34-10-8-26(14-34)15-40-16-26/h2-7,9,12,20,22-23H,8,10-11,13-16H2,1H3/t20?,22-,23?/m1/s1. The molecule has 2 aromatic rings. The predicted molar refractivity (Wildman–Crippen MR) is 138 cm³/mol. The maximum atomic E-state index is 14.2. The molecule has 1 spiro atoms. The smallest absolute Gasteiger partial charge is 0.310 e. The molecule has 0 aliphatic carbocycles. The van der Waals surface area contributed by atoms with E-state index in [0.29, 0.717) is 32.7 Å². The molecule has 2 amide bonds. The number of nitriles is 1. The van der Waals surface area contributed by atoms with Crippen molar-refractivity contribution in [2.75, 3.05) is 44.9 Å². The van der Waals surface area contributed by atoms with Gasteiger partial charge in [-0.25, -0.2) is 0 Å². The van der Waals surface area contributed by atoms with Crippen molar-refractivity contribution in [3.63, 3.8) is 0 Å². The van der Waals surface area contributed by atoms with E-state index < -0.39 is 45.1 Å². The molecule has 3 aliphatic heterocycles. The van der Waals surface area contributed by atoms with Gasteiger partial charge in [-0.05, 0) is 36.8 Å². The number of halogens is 5. The summed E-state index contributed by atoms with van der Waals surface area (Å²) < 4.78 is 78.3. The molecule has 3 aliphatic rings. The van der Waals surface area contributed by atoms with E-state index in [1.807, 2.05) is 6.19 Å². The van der Waals surface area contributed by atoms with Crippen molar-refractivity contribution in [1.29, 1.82) is 5.26 Å². The molecule has 4 heterocycles. The fourth-order valence-electron chi connectivity index (χ4n) is 5.60. The van der Waals surface area contributed by atoms with Crippen molar-refractivity contribution in [3.8, 4) is 6.19 Å². The summed E-state index contributed by atoms with van der Waals surface area (Å²) >= 11 is 0. The molecule has 0 N–H and O–H groups in total. The van der Waals surface area contributed by atoms with Crippen LogP contribution in [0.25, 0.3) is 0 Å². The van der Waals surface area contributed by atoms with Gasteiger partial charge in [-0.1, -0.05) is 25.5 Å². The van der Waals surface area contributed by atoms with Crippen molar-refractivity contribution >= 4 is 27.7 Å². The number of pyridine rings is 1. The number of likely N-dealkylation sites (tertiary alicyclic amines) is 2. The van der Waals surface area contributed by atoms with E-state index in [1.165, 1.54) is 24.4 Å². The highest BCUT2D eigenvalue weighted by Crippen LogP contribution is 3.02. The van der Waals surface area contributed by atoms with E-state index in [2.05, 4.69) is 4.98 Å². The highest BCUT2D eigenvalue weighted by molar-refractivity contribution is 8.45. The van der Waals surface area contributed by atoms with Crippen molar-refractivity contribution in [3.05, 3.63) is 54.4 Å². The summed E-state index contributed by atoms with van der Waals surface area (Å²) in [6.07, 6.45) is 5.00. The average Bonchev–Trinajstić information content (AvgIpc) is 3.56. The number of hydrogen-bond acceptors (Lipinski definition) is 7. The summed E-state index contributed by atoms with van der Waals surface area (Å²) in [6.45, 7) is 1.76. The quantitative estimate of drug-likeness (QED) is 0.337. The van der Waals surface area contributed by atoms with Crippen LogP contribution >= 0.6 is 10.2 Å². The first-order chi connectivity index (χ1) is 19.1. The average molecular weight is 602 g/mol. The molecule has 2 unspecified atom stereocenters. The lowest BCUT2D eigenvalue weighted by Crippen LogP contribution is -2.52. The highest BCUT2D eigenvalue weighted by atomic mass is 32.5. The normalized spacial score (nSPS) is 24.2. The third-order valence-electron chi connectivity index (χ3n) is 7.87. The van der Waals surface area contributed by atoms with Crippen LogP contribution in [-0.4, -0.2) is 78.7 Å². The van der Waals surface area contributed by atoms with Crippen LogP contribution in [0, 0.1) is 16.9 Å². The second-order valence-electron chi connectivity index (χ2n) is 10.7. The van der Waals surface area contributed by atoms with Crippen molar-refractivity contribution in [1.82, 2.24) is 14.8 Å². The minimum Gasteiger partial charge on any atom is -0.380 e. The molecule has 0 bridgehead atoms. The number of rotatable bonds is 7. The summed E-state index contributed by atoms with van der Waals surface area (Å²) in [4.78, 5) is 34.1. The van der Waals surface area contributed by atoms with Gasteiger partial charge in [-0.15, -0.1) is 0 Å². The van der Waals surface area contributed by atoms with Gasteiger partial charge in [0.25, 0.3) is 5.91 Å². The Morgan fingerprint density at radius 3 is 2.41 bits per heavy atom. The number of anilines is 1. The van der Waals surface area contributed by atoms with E-state index in [0.717, 1.165) is 17.0 Å². The van der Waals surface area contributed by atoms with Gasteiger partial charge in [0.2, 0.25) is 5.91 Å². The van der Waals surface area contributed by atoms with Gasteiger partial charge < -0.3 is 14.4 Å². The minimum atomic E-state index is -10.0. The maximum absolute atomic E-state index is 14.2. The second kappa shape index (κ2) is 9.53. The van der Waals surface area contributed by atoms with Gasteiger partial charge in [0.05, 0.1) is 25.9 Å². The zero-order valence-corrected chi connectivity index (χ0v) is 22.8. The Balaban J connectivity index is 1.61. The zero-order chi connectivity index (χ0) is 29.7. The number of nitrogens with zero attached hydrogens (tertiary/aromatic N) is 5. The van der Waals surface area contributed by atoms with Gasteiger partial charge >= 0.3 is 10.2 Å². The number of amides is 2. The molecule has 9 nitrogen and oxygen atoms in total. The fourth-order valence-corrected chi connectivity index (χ4v) is 6.25. The van der Waals surface area contributed by atoms with Crippen LogP contribution in [0.2, 0.25) is 0 Å². The Kier molecular flexibility index (Phi) is 6.75. The molecular weight excluding hydrogens is 573 g/mol. The van der Waals surface area contributed by atoms with E-state index >= 15 is 0 Å². The van der Waals surface area contributed by atoms with Gasteiger partial charge in [0, 0.05) is 55.7 Å². The van der Waals surface area contributed by atoms with E-state index in [9.17, 15) is 34.3 Å². The second-order valence-corrected chi connectivity index (χ2v) is 13.1. The zero-order valence-electron chi connectivity index (χ0n) is 22.0. The number of ether oxygens (including phenoxy) is 2. The molecule has 222 valence electrons. The Hall–Kier alpha value is -3.48. The topological polar surface area (TPSA) is 99.0 Å². The third-order valence-corrected chi connectivity index (χ3v) is 9.03. The number of benzene rings is 1. The molecule has 0 saturated carbocycles. The first kappa shape index (κ1) is 29.0. The van der Waals surface area contributed by atoms with Crippen LogP contribution in [0.4, 0.5) is 25.1 Å². The van der Waals surface area contributed by atoms with Gasteiger partial charge in [0.1, 0.15) is 17.0 Å². The van der Waals surface area contributed by atoms with Gasteiger partial charge in [-0.2, -0.15) is 5.26 Å². The number of carbonyl (C=O) groups excluding carboxylic acids is 2. The lowest BCUT2D eigenvalue weighted by Gasteiger charge is -2.41. The van der Waals surface area contributed by atoms with Crippen molar-refractivity contribution in [2.45, 2.75) is 35.9 Å². The van der Waals surface area contributed by atoms with E-state index in [1.54, 1.807) is 17.0 Å². The molecular formula is C26H28F5N5O4S. The third kappa shape index (κ3) is 5.68. The van der Waals surface area contributed by atoms with Crippen LogP contribution < -0.4 is 4.90 Å². The molecule has 15 heteroatoms. The maximum Gasteiger partial charge on any atom is 0.310 e. The fraction of sp³-hybridized carbons (Fsp3) is 0.462. The lowest BCUT2D eigenvalue weighted by molar-refractivity contribution is -0.138. The first-order valence-corrected chi connectivity index (χ1v) is 14.7. The van der Waals surface area contributed by atoms with Crippen LogP contribution in [0.5, 0.6) is 0 Å². The number of carbonyl (C=O) groups is 2. The molecule has 41 heavy (non-hydrogen) atoms. The molecule has 5 rings (SSSR count). The summed E-state index contributed by atoms with van der Waals surface area (Å²) in [5.41, 5.74) is -0.164. The highest BCUT2D eigenvalue weighted by Gasteiger charge is 2.65. The van der Waals surface area contributed by atoms with Crippen molar-refractivity contribution in [2.24, 2.45) is 5.41 Å². The Morgan fingerprint density at radius 1 is 1.20 bits per heavy atom. The van der Waals surface area contributed by atoms with Crippen LogP contribution in [0.1, 0.15) is 24.4 Å². The van der Waals surface area contributed by atoms with Crippen LogP contribution in [0.15, 0.2) is 53.7 Å². The monoisotopic (exact) mass is 601 g/mol. The number of hydrogen-bond donors (Lipinski definition) is 0.